The molecule has 0 saturated heterocycles. The van der Waals surface area contributed by atoms with E-state index in [9.17, 15) is 14.7 Å². The van der Waals surface area contributed by atoms with Crippen molar-refractivity contribution in [1.29, 1.82) is 0 Å². The predicted molar refractivity (Wildman–Crippen MR) is 156 cm³/mol. The third-order valence-electron chi connectivity index (χ3n) is 5.22. The summed E-state index contributed by atoms with van der Waals surface area (Å²) in [5.74, 6) is -0.381. The largest absolute Gasteiger partial charge is 0.504 e. The Morgan fingerprint density at radius 2 is 1.82 bits per heavy atom. The van der Waals surface area contributed by atoms with Crippen LogP contribution < -0.4 is 20.2 Å². The Hall–Kier alpha value is -3.02. The van der Waals surface area contributed by atoms with Gasteiger partial charge in [-0.25, -0.2) is 5.43 Å². The van der Waals surface area contributed by atoms with E-state index in [1.807, 2.05) is 59.8 Å². The van der Waals surface area contributed by atoms with E-state index in [1.54, 1.807) is 31.2 Å². The standard InChI is InChI=1S/C27H26Cl2IN3O5/c1-3-37-24-13-18(11-21(30)25(24)34)15-31-33-27(36)22(12-17-7-5-4-6-8-17)32-26(35)16(2)38-23-10-9-19(28)14-20(23)29/h4-11,13-16,22,34H,3,12H2,1-2H3,(H,32,35)(H,33,36)/b31-15-/t16-,22+/m0/s1. The number of ether oxygens (including phenoxy) is 2. The second kappa shape index (κ2) is 14.2. The third kappa shape index (κ3) is 8.50. The van der Waals surface area contributed by atoms with Crippen molar-refractivity contribution < 1.29 is 24.2 Å². The third-order valence-corrected chi connectivity index (χ3v) is 6.57. The zero-order valence-electron chi connectivity index (χ0n) is 20.6. The summed E-state index contributed by atoms with van der Waals surface area (Å²) in [5, 5.41) is 17.6. The molecule has 0 radical (unpaired) electrons. The predicted octanol–water partition coefficient (Wildman–Crippen LogP) is 5.35. The second-order valence-electron chi connectivity index (χ2n) is 8.10. The maximum absolute atomic E-state index is 13.1. The van der Waals surface area contributed by atoms with Crippen LogP contribution in [0.4, 0.5) is 0 Å². The molecule has 0 spiro atoms. The summed E-state index contributed by atoms with van der Waals surface area (Å²) in [7, 11) is 0. The summed E-state index contributed by atoms with van der Waals surface area (Å²) < 4.78 is 11.7. The Labute approximate surface area is 244 Å². The van der Waals surface area contributed by atoms with Crippen molar-refractivity contribution in [3.8, 4) is 17.2 Å². The summed E-state index contributed by atoms with van der Waals surface area (Å²) in [6.07, 6.45) is 0.713. The number of phenols is 1. The number of hydrazone groups is 1. The van der Waals surface area contributed by atoms with Crippen LogP contribution in [0.2, 0.25) is 10.0 Å². The summed E-state index contributed by atoms with van der Waals surface area (Å²) in [6.45, 7) is 3.75. The Kier molecular flexibility index (Phi) is 11.1. The first-order valence-electron chi connectivity index (χ1n) is 11.6. The molecule has 3 N–H and O–H groups in total. The molecule has 3 rings (SSSR count). The van der Waals surface area contributed by atoms with Crippen LogP contribution in [0.1, 0.15) is 25.0 Å². The van der Waals surface area contributed by atoms with E-state index in [4.69, 9.17) is 32.7 Å². The SMILES string of the molecule is CCOc1cc(/C=N\NC(=O)[C@@H](Cc2ccccc2)NC(=O)[C@H](C)Oc2ccc(Cl)cc2Cl)cc(I)c1O. The van der Waals surface area contributed by atoms with E-state index in [-0.39, 0.29) is 17.2 Å². The highest BCUT2D eigenvalue weighted by Crippen LogP contribution is 2.32. The molecular formula is C27H26Cl2IN3O5. The van der Waals surface area contributed by atoms with Crippen LogP contribution in [0.3, 0.4) is 0 Å². The minimum absolute atomic E-state index is 0.0375. The van der Waals surface area contributed by atoms with Crippen molar-refractivity contribution in [2.75, 3.05) is 6.61 Å². The number of nitrogens with zero attached hydrogens (tertiary/aromatic N) is 1. The molecule has 0 fully saturated rings. The Morgan fingerprint density at radius 1 is 1.08 bits per heavy atom. The zero-order valence-corrected chi connectivity index (χ0v) is 24.3. The van der Waals surface area contributed by atoms with Gasteiger partial charge in [0.05, 0.1) is 21.4 Å². The van der Waals surface area contributed by atoms with Gasteiger partial charge in [0.1, 0.15) is 11.8 Å². The van der Waals surface area contributed by atoms with Gasteiger partial charge in [0.25, 0.3) is 11.8 Å². The number of nitrogens with one attached hydrogen (secondary N) is 2. The van der Waals surface area contributed by atoms with Gasteiger partial charge in [0.2, 0.25) is 0 Å². The number of rotatable bonds is 11. The summed E-state index contributed by atoms with van der Waals surface area (Å²) in [5.41, 5.74) is 3.94. The molecule has 2 amide bonds. The molecule has 0 bridgehead atoms. The number of hydrogen-bond donors (Lipinski definition) is 3. The molecule has 0 heterocycles. The summed E-state index contributed by atoms with van der Waals surface area (Å²) >= 11 is 14.1. The van der Waals surface area contributed by atoms with Crippen molar-refractivity contribution in [2.45, 2.75) is 32.4 Å². The van der Waals surface area contributed by atoms with Crippen molar-refractivity contribution >= 4 is 63.8 Å². The van der Waals surface area contributed by atoms with Crippen LogP contribution in [0.15, 0.2) is 65.8 Å². The molecule has 2 atom stereocenters. The number of halogens is 3. The smallest absolute Gasteiger partial charge is 0.262 e. The Balaban J connectivity index is 1.72. The Bertz CT molecular complexity index is 1310. The Morgan fingerprint density at radius 3 is 2.50 bits per heavy atom. The quantitative estimate of drug-likeness (QED) is 0.145. The fourth-order valence-electron chi connectivity index (χ4n) is 3.35. The van der Waals surface area contributed by atoms with E-state index in [0.717, 1.165) is 5.56 Å². The number of amides is 2. The van der Waals surface area contributed by atoms with Crippen LogP contribution in [-0.2, 0) is 16.0 Å². The van der Waals surface area contributed by atoms with Crippen molar-refractivity contribution in [1.82, 2.24) is 10.7 Å². The molecule has 11 heteroatoms. The second-order valence-corrected chi connectivity index (χ2v) is 10.1. The highest BCUT2D eigenvalue weighted by atomic mass is 127. The maximum atomic E-state index is 13.1. The minimum Gasteiger partial charge on any atom is -0.504 e. The van der Waals surface area contributed by atoms with E-state index in [2.05, 4.69) is 15.8 Å². The molecule has 200 valence electrons. The average molecular weight is 670 g/mol. The molecule has 0 unspecified atom stereocenters. The van der Waals surface area contributed by atoms with Gasteiger partial charge in [-0.1, -0.05) is 53.5 Å². The van der Waals surface area contributed by atoms with Gasteiger partial charge in [0.15, 0.2) is 17.6 Å². The van der Waals surface area contributed by atoms with Gasteiger partial charge in [-0.05, 0) is 77.9 Å². The summed E-state index contributed by atoms with van der Waals surface area (Å²) in [4.78, 5) is 26.0. The van der Waals surface area contributed by atoms with Crippen molar-refractivity contribution in [2.24, 2.45) is 5.10 Å². The number of carbonyl (C=O) groups excluding carboxylic acids is 2. The van der Waals surface area contributed by atoms with Crippen LogP contribution in [0, 0.1) is 3.57 Å². The lowest BCUT2D eigenvalue weighted by atomic mass is 10.1. The lowest BCUT2D eigenvalue weighted by molar-refractivity contribution is -0.132. The van der Waals surface area contributed by atoms with Gasteiger partial charge in [-0.2, -0.15) is 5.10 Å². The molecule has 0 aliphatic rings. The first-order chi connectivity index (χ1) is 18.2. The number of phenolic OH excluding ortho intramolecular Hbond substituents is 1. The maximum Gasteiger partial charge on any atom is 0.262 e. The monoisotopic (exact) mass is 669 g/mol. The van der Waals surface area contributed by atoms with E-state index >= 15 is 0 Å². The van der Waals surface area contributed by atoms with Crippen LogP contribution in [-0.4, -0.2) is 41.9 Å². The molecule has 3 aromatic carbocycles. The van der Waals surface area contributed by atoms with Gasteiger partial charge >= 0.3 is 0 Å². The first kappa shape index (κ1) is 29.5. The first-order valence-corrected chi connectivity index (χ1v) is 13.5. The number of carbonyl (C=O) groups is 2. The minimum atomic E-state index is -0.945. The topological polar surface area (TPSA) is 109 Å². The van der Waals surface area contributed by atoms with Crippen molar-refractivity contribution in [3.05, 3.63) is 85.4 Å². The van der Waals surface area contributed by atoms with Crippen LogP contribution in [0.25, 0.3) is 0 Å². The lowest BCUT2D eigenvalue weighted by Gasteiger charge is -2.21. The number of benzene rings is 3. The summed E-state index contributed by atoms with van der Waals surface area (Å²) in [6, 6.07) is 16.3. The van der Waals surface area contributed by atoms with E-state index in [1.165, 1.54) is 12.3 Å². The number of aromatic hydroxyl groups is 1. The lowest BCUT2D eigenvalue weighted by Crippen LogP contribution is -2.50. The van der Waals surface area contributed by atoms with E-state index in [0.29, 0.717) is 32.3 Å². The van der Waals surface area contributed by atoms with E-state index < -0.39 is 24.0 Å². The normalized spacial score (nSPS) is 12.6. The highest BCUT2D eigenvalue weighted by molar-refractivity contribution is 14.1. The van der Waals surface area contributed by atoms with Crippen LogP contribution in [0.5, 0.6) is 17.2 Å². The number of hydrogen-bond acceptors (Lipinski definition) is 6. The molecule has 38 heavy (non-hydrogen) atoms. The fraction of sp³-hybridized carbons (Fsp3) is 0.222. The van der Waals surface area contributed by atoms with Gasteiger partial charge < -0.3 is 19.9 Å². The molecule has 0 saturated carbocycles. The van der Waals surface area contributed by atoms with Crippen LogP contribution >= 0.6 is 45.8 Å². The highest BCUT2D eigenvalue weighted by Gasteiger charge is 2.25. The van der Waals surface area contributed by atoms with Gasteiger partial charge in [-0.15, -0.1) is 0 Å². The fourth-order valence-corrected chi connectivity index (χ4v) is 4.42. The molecule has 0 aliphatic carbocycles. The molecule has 0 aliphatic heterocycles. The van der Waals surface area contributed by atoms with Crippen molar-refractivity contribution in [3.63, 3.8) is 0 Å². The average Bonchev–Trinajstić information content (AvgIpc) is 2.88. The van der Waals surface area contributed by atoms with Gasteiger partial charge in [-0.3, -0.25) is 9.59 Å². The molecule has 0 aromatic heterocycles. The van der Waals surface area contributed by atoms with Gasteiger partial charge in [0, 0.05) is 11.4 Å². The molecule has 3 aromatic rings. The molecular weight excluding hydrogens is 644 g/mol. The molecule has 8 nitrogen and oxygen atoms in total. The zero-order chi connectivity index (χ0) is 27.7.